The van der Waals surface area contributed by atoms with Crippen molar-refractivity contribution in [2.24, 2.45) is 4.99 Å². The lowest BCUT2D eigenvalue weighted by molar-refractivity contribution is 0.206. The second kappa shape index (κ2) is 12.3. The van der Waals surface area contributed by atoms with Gasteiger partial charge >= 0.3 is 0 Å². The van der Waals surface area contributed by atoms with Crippen LogP contribution in [0.4, 0.5) is 0 Å². The summed E-state index contributed by atoms with van der Waals surface area (Å²) in [4.78, 5) is 11.3. The van der Waals surface area contributed by atoms with E-state index in [1.54, 1.807) is 7.05 Å². The molecule has 2 N–H and O–H groups in total. The first kappa shape index (κ1) is 23.9. The zero-order valence-corrected chi connectivity index (χ0v) is 20.1. The van der Waals surface area contributed by atoms with Crippen molar-refractivity contribution in [3.05, 3.63) is 35.2 Å². The molecule has 1 fully saturated rings. The van der Waals surface area contributed by atoms with E-state index in [-0.39, 0.29) is 24.0 Å². The molecular formula is C20H30ClIN6O. The van der Waals surface area contributed by atoms with Gasteiger partial charge in [0, 0.05) is 49.7 Å². The van der Waals surface area contributed by atoms with Crippen molar-refractivity contribution < 1.29 is 4.52 Å². The molecule has 1 aliphatic heterocycles. The minimum atomic E-state index is 0. The lowest BCUT2D eigenvalue weighted by Crippen LogP contribution is -2.49. The quantitative estimate of drug-likeness (QED) is 0.322. The van der Waals surface area contributed by atoms with Gasteiger partial charge in [-0.2, -0.15) is 4.98 Å². The SMILES string of the molecule is CCCN1CCC(NC(=NC)NCCc2nc(-c3cccc(Cl)c3)no2)CC1.I. The van der Waals surface area contributed by atoms with Crippen LogP contribution in [0.2, 0.25) is 5.02 Å². The molecule has 0 atom stereocenters. The predicted molar refractivity (Wildman–Crippen MR) is 128 cm³/mol. The van der Waals surface area contributed by atoms with Crippen molar-refractivity contribution >= 4 is 41.5 Å². The van der Waals surface area contributed by atoms with Crippen LogP contribution >= 0.6 is 35.6 Å². The highest BCUT2D eigenvalue weighted by Gasteiger charge is 2.19. The van der Waals surface area contributed by atoms with Gasteiger partial charge in [0.2, 0.25) is 11.7 Å². The molecule has 0 saturated carbocycles. The Morgan fingerprint density at radius 2 is 2.14 bits per heavy atom. The van der Waals surface area contributed by atoms with E-state index < -0.39 is 0 Å². The molecule has 1 aromatic carbocycles. The molecule has 1 aliphatic rings. The third kappa shape index (κ3) is 7.42. The van der Waals surface area contributed by atoms with E-state index in [9.17, 15) is 0 Å². The van der Waals surface area contributed by atoms with E-state index >= 15 is 0 Å². The van der Waals surface area contributed by atoms with E-state index in [0.29, 0.717) is 35.7 Å². The van der Waals surface area contributed by atoms with Crippen molar-refractivity contribution in [3.63, 3.8) is 0 Å². The molecule has 0 bridgehead atoms. The number of rotatable bonds is 7. The zero-order valence-electron chi connectivity index (χ0n) is 17.0. The molecule has 0 spiro atoms. The van der Waals surface area contributed by atoms with Gasteiger partial charge in [0.25, 0.3) is 0 Å². The van der Waals surface area contributed by atoms with E-state index in [2.05, 4.69) is 37.6 Å². The van der Waals surface area contributed by atoms with Crippen molar-refractivity contribution in [2.45, 2.75) is 38.6 Å². The Bertz CT molecular complexity index is 776. The summed E-state index contributed by atoms with van der Waals surface area (Å²) in [5, 5.41) is 11.6. The first-order valence-corrected chi connectivity index (χ1v) is 10.3. The second-order valence-corrected chi connectivity index (χ2v) is 7.47. The van der Waals surface area contributed by atoms with Gasteiger partial charge in [-0.25, -0.2) is 0 Å². The van der Waals surface area contributed by atoms with Gasteiger partial charge in [-0.3, -0.25) is 4.99 Å². The number of likely N-dealkylation sites (tertiary alicyclic amines) is 1. The van der Waals surface area contributed by atoms with E-state index in [0.717, 1.165) is 37.5 Å². The smallest absolute Gasteiger partial charge is 0.228 e. The summed E-state index contributed by atoms with van der Waals surface area (Å²) in [6.07, 6.45) is 4.14. The molecular weight excluding hydrogens is 503 g/mol. The van der Waals surface area contributed by atoms with Crippen LogP contribution in [0.15, 0.2) is 33.8 Å². The Morgan fingerprint density at radius 1 is 1.34 bits per heavy atom. The Kier molecular flexibility index (Phi) is 10.2. The average Bonchev–Trinajstić information content (AvgIpc) is 3.18. The number of aliphatic imine (C=N–C) groups is 1. The summed E-state index contributed by atoms with van der Waals surface area (Å²) in [6, 6.07) is 7.90. The number of hydrogen-bond donors (Lipinski definition) is 2. The van der Waals surface area contributed by atoms with Gasteiger partial charge in [-0.1, -0.05) is 35.8 Å². The molecule has 9 heteroatoms. The summed E-state index contributed by atoms with van der Waals surface area (Å²) in [5.74, 6) is 1.97. The van der Waals surface area contributed by atoms with E-state index in [1.165, 1.54) is 13.0 Å². The molecule has 1 aromatic heterocycles. The van der Waals surface area contributed by atoms with Crippen LogP contribution in [0.1, 0.15) is 32.1 Å². The Labute approximate surface area is 194 Å². The maximum Gasteiger partial charge on any atom is 0.228 e. The lowest BCUT2D eigenvalue weighted by atomic mass is 10.1. The van der Waals surface area contributed by atoms with Crippen LogP contribution in [0, 0.1) is 0 Å². The molecule has 3 rings (SSSR count). The third-order valence-electron chi connectivity index (χ3n) is 4.87. The summed E-state index contributed by atoms with van der Waals surface area (Å²) < 4.78 is 5.35. The normalized spacial score (nSPS) is 15.8. The predicted octanol–water partition coefficient (Wildman–Crippen LogP) is 3.59. The molecule has 2 heterocycles. The fourth-order valence-corrected chi connectivity index (χ4v) is 3.58. The molecule has 0 aliphatic carbocycles. The molecule has 29 heavy (non-hydrogen) atoms. The minimum absolute atomic E-state index is 0. The Morgan fingerprint density at radius 3 is 2.83 bits per heavy atom. The van der Waals surface area contributed by atoms with Crippen molar-refractivity contribution in [3.8, 4) is 11.4 Å². The Balaban J connectivity index is 0.00000300. The molecule has 0 unspecified atom stereocenters. The maximum absolute atomic E-state index is 6.02. The minimum Gasteiger partial charge on any atom is -0.356 e. The topological polar surface area (TPSA) is 78.6 Å². The summed E-state index contributed by atoms with van der Waals surface area (Å²) in [6.45, 7) is 6.40. The number of piperidine rings is 1. The number of nitrogens with zero attached hydrogens (tertiary/aromatic N) is 4. The summed E-state index contributed by atoms with van der Waals surface area (Å²) >= 11 is 6.02. The monoisotopic (exact) mass is 532 g/mol. The van der Waals surface area contributed by atoms with Crippen LogP contribution in [-0.2, 0) is 6.42 Å². The number of benzene rings is 1. The number of guanidine groups is 1. The van der Waals surface area contributed by atoms with Gasteiger partial charge in [0.15, 0.2) is 5.96 Å². The lowest BCUT2D eigenvalue weighted by Gasteiger charge is -2.32. The Hall–Kier alpha value is -1.39. The van der Waals surface area contributed by atoms with Crippen molar-refractivity contribution in [2.75, 3.05) is 33.2 Å². The first-order chi connectivity index (χ1) is 13.7. The van der Waals surface area contributed by atoms with E-state index in [4.69, 9.17) is 16.1 Å². The average molecular weight is 533 g/mol. The van der Waals surface area contributed by atoms with Gasteiger partial charge in [-0.05, 0) is 37.9 Å². The van der Waals surface area contributed by atoms with Crippen molar-refractivity contribution in [1.29, 1.82) is 0 Å². The van der Waals surface area contributed by atoms with Crippen molar-refractivity contribution in [1.82, 2.24) is 25.7 Å². The van der Waals surface area contributed by atoms with E-state index in [1.807, 2.05) is 24.3 Å². The fourth-order valence-electron chi connectivity index (χ4n) is 3.39. The first-order valence-electron chi connectivity index (χ1n) is 9.96. The number of aromatic nitrogens is 2. The molecule has 7 nitrogen and oxygen atoms in total. The highest BCUT2D eigenvalue weighted by molar-refractivity contribution is 14.0. The molecule has 1 saturated heterocycles. The highest BCUT2D eigenvalue weighted by atomic mass is 127. The fraction of sp³-hybridized carbons (Fsp3) is 0.550. The van der Waals surface area contributed by atoms with Crippen LogP contribution in [0.3, 0.4) is 0 Å². The van der Waals surface area contributed by atoms with Crippen LogP contribution in [0.5, 0.6) is 0 Å². The molecule has 160 valence electrons. The maximum atomic E-state index is 6.02. The largest absolute Gasteiger partial charge is 0.356 e. The highest BCUT2D eigenvalue weighted by Crippen LogP contribution is 2.19. The molecule has 2 aromatic rings. The number of nitrogens with one attached hydrogen (secondary N) is 2. The molecule has 0 amide bonds. The zero-order chi connectivity index (χ0) is 19.8. The van der Waals surface area contributed by atoms with Gasteiger partial charge < -0.3 is 20.1 Å². The summed E-state index contributed by atoms with van der Waals surface area (Å²) in [5.41, 5.74) is 0.849. The summed E-state index contributed by atoms with van der Waals surface area (Å²) in [7, 11) is 1.80. The van der Waals surface area contributed by atoms with Gasteiger partial charge in [-0.15, -0.1) is 24.0 Å². The standard InChI is InChI=1S/C20H29ClN6O.HI/c1-3-11-27-12-8-17(9-13-27)24-20(22-2)23-10-7-18-25-19(26-28-18)15-5-4-6-16(21)14-15;/h4-6,14,17H,3,7-13H2,1-2H3,(H2,22,23,24);1H. The van der Waals surface area contributed by atoms with Crippen LogP contribution < -0.4 is 10.6 Å². The van der Waals surface area contributed by atoms with Gasteiger partial charge in [0.1, 0.15) is 0 Å². The van der Waals surface area contributed by atoms with Crippen LogP contribution in [-0.4, -0.2) is 60.3 Å². The van der Waals surface area contributed by atoms with Gasteiger partial charge in [0.05, 0.1) is 0 Å². The van der Waals surface area contributed by atoms with Crippen LogP contribution in [0.25, 0.3) is 11.4 Å². The number of halogens is 2. The second-order valence-electron chi connectivity index (χ2n) is 7.03. The molecule has 0 radical (unpaired) electrons. The third-order valence-corrected chi connectivity index (χ3v) is 5.11. The number of hydrogen-bond acceptors (Lipinski definition) is 5.